The average molecular weight is 278 g/mol. The number of piperidine rings is 1. The van der Waals surface area contributed by atoms with Crippen LogP contribution in [0.5, 0.6) is 5.75 Å². The number of hydrogen-bond acceptors (Lipinski definition) is 2. The smallest absolute Gasteiger partial charge is 0.167 e. The summed E-state index contributed by atoms with van der Waals surface area (Å²) in [5.74, 6) is -0.472. The van der Waals surface area contributed by atoms with Crippen LogP contribution >= 0.6 is 12.4 Å². The maximum Gasteiger partial charge on any atom is 0.167 e. The van der Waals surface area contributed by atoms with Crippen LogP contribution in [0.2, 0.25) is 0 Å². The molecule has 0 bridgehead atoms. The number of rotatable bonds is 4. The van der Waals surface area contributed by atoms with Gasteiger partial charge in [0.15, 0.2) is 11.6 Å². The van der Waals surface area contributed by atoms with E-state index in [0.717, 1.165) is 25.6 Å². The first-order valence-electron chi connectivity index (χ1n) is 6.04. The Morgan fingerprint density at radius 2 is 2.17 bits per heavy atom. The molecular weight excluding hydrogens is 260 g/mol. The van der Waals surface area contributed by atoms with E-state index >= 15 is 0 Å². The van der Waals surface area contributed by atoms with Crippen LogP contribution in [0, 0.1) is 17.6 Å². The Hall–Kier alpha value is -0.870. The molecule has 0 aromatic heterocycles. The zero-order valence-electron chi connectivity index (χ0n) is 10.1. The highest BCUT2D eigenvalue weighted by Gasteiger charge is 2.13. The summed E-state index contributed by atoms with van der Waals surface area (Å²) in [7, 11) is 0. The Bertz CT molecular complexity index is 370. The lowest BCUT2D eigenvalue weighted by atomic mass is 9.97. The summed E-state index contributed by atoms with van der Waals surface area (Å²) in [5.41, 5.74) is 0. The average Bonchev–Trinajstić information content (AvgIpc) is 2.33. The molecule has 0 amide bonds. The lowest BCUT2D eigenvalue weighted by Crippen LogP contribution is -2.30. The van der Waals surface area contributed by atoms with Crippen molar-refractivity contribution in [1.29, 1.82) is 0 Å². The van der Waals surface area contributed by atoms with Crippen LogP contribution in [-0.4, -0.2) is 19.7 Å². The van der Waals surface area contributed by atoms with Gasteiger partial charge in [-0.25, -0.2) is 8.78 Å². The van der Waals surface area contributed by atoms with E-state index in [4.69, 9.17) is 4.74 Å². The van der Waals surface area contributed by atoms with Crippen molar-refractivity contribution in [2.75, 3.05) is 19.7 Å². The van der Waals surface area contributed by atoms with Gasteiger partial charge in [-0.3, -0.25) is 0 Å². The minimum Gasteiger partial charge on any atom is -0.491 e. The van der Waals surface area contributed by atoms with Crippen LogP contribution in [0.15, 0.2) is 18.2 Å². The van der Waals surface area contributed by atoms with Crippen LogP contribution in [0.3, 0.4) is 0 Å². The van der Waals surface area contributed by atoms with Gasteiger partial charge in [0.25, 0.3) is 0 Å². The largest absolute Gasteiger partial charge is 0.491 e. The summed E-state index contributed by atoms with van der Waals surface area (Å²) in [6.07, 6.45) is 3.29. The molecule has 1 fully saturated rings. The van der Waals surface area contributed by atoms with Crippen LogP contribution in [0.4, 0.5) is 8.78 Å². The van der Waals surface area contributed by atoms with E-state index in [1.54, 1.807) is 0 Å². The fraction of sp³-hybridized carbons (Fsp3) is 0.538. The SMILES string of the molecule is Cl.Fc1ccc(OCCC2CCCNC2)c(F)c1. The molecule has 2 nitrogen and oxygen atoms in total. The highest BCUT2D eigenvalue weighted by atomic mass is 35.5. The summed E-state index contributed by atoms with van der Waals surface area (Å²) < 4.78 is 31.2. The Labute approximate surface area is 112 Å². The number of hydrogen-bond donors (Lipinski definition) is 1. The molecule has 1 atom stereocenters. The molecule has 1 saturated heterocycles. The van der Waals surface area contributed by atoms with Crippen LogP contribution in [0.1, 0.15) is 19.3 Å². The van der Waals surface area contributed by atoms with Crippen molar-refractivity contribution in [3.63, 3.8) is 0 Å². The van der Waals surface area contributed by atoms with Gasteiger partial charge < -0.3 is 10.1 Å². The van der Waals surface area contributed by atoms with Crippen molar-refractivity contribution < 1.29 is 13.5 Å². The van der Waals surface area contributed by atoms with Gasteiger partial charge in [-0.15, -0.1) is 12.4 Å². The number of nitrogens with one attached hydrogen (secondary N) is 1. The summed E-state index contributed by atoms with van der Waals surface area (Å²) in [6, 6.07) is 3.39. The monoisotopic (exact) mass is 277 g/mol. The van der Waals surface area contributed by atoms with E-state index in [1.165, 1.54) is 25.0 Å². The first-order valence-corrected chi connectivity index (χ1v) is 6.04. The van der Waals surface area contributed by atoms with E-state index in [-0.39, 0.29) is 18.2 Å². The van der Waals surface area contributed by atoms with Gasteiger partial charge in [0.2, 0.25) is 0 Å². The normalized spacial score (nSPS) is 19.1. The van der Waals surface area contributed by atoms with Crippen molar-refractivity contribution in [3.8, 4) is 5.75 Å². The van der Waals surface area contributed by atoms with Crippen molar-refractivity contribution in [3.05, 3.63) is 29.8 Å². The first kappa shape index (κ1) is 15.2. The molecule has 1 unspecified atom stereocenters. The Morgan fingerprint density at radius 1 is 1.33 bits per heavy atom. The molecule has 2 rings (SSSR count). The molecule has 5 heteroatoms. The van der Waals surface area contributed by atoms with E-state index in [0.29, 0.717) is 12.5 Å². The molecule has 1 aliphatic heterocycles. The summed E-state index contributed by atoms with van der Waals surface area (Å²) >= 11 is 0. The third-order valence-electron chi connectivity index (χ3n) is 3.08. The molecule has 1 N–H and O–H groups in total. The standard InChI is InChI=1S/C13H17F2NO.ClH/c14-11-3-4-13(12(15)8-11)17-7-5-10-2-1-6-16-9-10;/h3-4,8,10,16H,1-2,5-7,9H2;1H. The molecule has 1 aromatic carbocycles. The number of ether oxygens (including phenoxy) is 1. The molecule has 1 aliphatic rings. The second-order valence-electron chi connectivity index (χ2n) is 4.42. The molecule has 18 heavy (non-hydrogen) atoms. The fourth-order valence-corrected chi connectivity index (χ4v) is 2.10. The Morgan fingerprint density at radius 3 is 2.83 bits per heavy atom. The van der Waals surface area contributed by atoms with E-state index in [9.17, 15) is 8.78 Å². The Balaban J connectivity index is 0.00000162. The quantitative estimate of drug-likeness (QED) is 0.913. The van der Waals surface area contributed by atoms with Gasteiger partial charge in [-0.05, 0) is 50.4 Å². The molecular formula is C13H18ClF2NO. The maximum absolute atomic E-state index is 13.2. The molecule has 0 saturated carbocycles. The van der Waals surface area contributed by atoms with Crippen LogP contribution < -0.4 is 10.1 Å². The molecule has 102 valence electrons. The Kier molecular flexibility index (Phi) is 6.36. The maximum atomic E-state index is 13.2. The summed E-state index contributed by atoms with van der Waals surface area (Å²) in [6.45, 7) is 2.58. The predicted octanol–water partition coefficient (Wildman–Crippen LogP) is 3.16. The van der Waals surface area contributed by atoms with Gasteiger partial charge in [0.05, 0.1) is 6.61 Å². The summed E-state index contributed by atoms with van der Waals surface area (Å²) in [4.78, 5) is 0. The lowest BCUT2D eigenvalue weighted by molar-refractivity contribution is 0.246. The third-order valence-corrected chi connectivity index (χ3v) is 3.08. The van der Waals surface area contributed by atoms with E-state index < -0.39 is 11.6 Å². The molecule has 0 aliphatic carbocycles. The number of halogens is 3. The zero-order valence-corrected chi connectivity index (χ0v) is 10.9. The van der Waals surface area contributed by atoms with Crippen LogP contribution in [-0.2, 0) is 0 Å². The lowest BCUT2D eigenvalue weighted by Gasteiger charge is -2.22. The van der Waals surface area contributed by atoms with Gasteiger partial charge in [-0.2, -0.15) is 0 Å². The number of benzene rings is 1. The van der Waals surface area contributed by atoms with Gasteiger partial charge in [-0.1, -0.05) is 0 Å². The highest BCUT2D eigenvalue weighted by Crippen LogP contribution is 2.19. The summed E-state index contributed by atoms with van der Waals surface area (Å²) in [5, 5.41) is 3.32. The zero-order chi connectivity index (χ0) is 12.1. The van der Waals surface area contributed by atoms with Crippen molar-refractivity contribution in [2.24, 2.45) is 5.92 Å². The highest BCUT2D eigenvalue weighted by molar-refractivity contribution is 5.85. The third kappa shape index (κ3) is 4.42. The van der Waals surface area contributed by atoms with Gasteiger partial charge in [0.1, 0.15) is 5.82 Å². The second kappa shape index (κ2) is 7.54. The van der Waals surface area contributed by atoms with E-state index in [2.05, 4.69) is 5.32 Å². The minimum absolute atomic E-state index is 0. The predicted molar refractivity (Wildman–Crippen MR) is 69.3 cm³/mol. The van der Waals surface area contributed by atoms with Crippen molar-refractivity contribution >= 4 is 12.4 Å². The molecule has 0 radical (unpaired) electrons. The van der Waals surface area contributed by atoms with E-state index in [1.807, 2.05) is 0 Å². The van der Waals surface area contributed by atoms with Gasteiger partial charge in [0, 0.05) is 6.07 Å². The molecule has 1 aromatic rings. The fourth-order valence-electron chi connectivity index (χ4n) is 2.10. The van der Waals surface area contributed by atoms with Gasteiger partial charge >= 0.3 is 0 Å². The minimum atomic E-state index is -0.633. The van der Waals surface area contributed by atoms with Crippen LogP contribution in [0.25, 0.3) is 0 Å². The van der Waals surface area contributed by atoms with Crippen molar-refractivity contribution in [1.82, 2.24) is 5.32 Å². The first-order chi connectivity index (χ1) is 8.25. The second-order valence-corrected chi connectivity index (χ2v) is 4.42. The topological polar surface area (TPSA) is 21.3 Å². The molecule has 0 spiro atoms. The molecule has 1 heterocycles. The van der Waals surface area contributed by atoms with Crippen molar-refractivity contribution in [2.45, 2.75) is 19.3 Å².